The number of nitrogens with zero attached hydrogens (tertiary/aromatic N) is 1. The first-order valence-electron chi connectivity index (χ1n) is 8.07. The first-order valence-corrected chi connectivity index (χ1v) is 8.07. The average Bonchev–Trinajstić information content (AvgIpc) is 2.69. The number of para-hydroxylation sites is 3. The Morgan fingerprint density at radius 1 is 0.840 bits per heavy atom. The van der Waals surface area contributed by atoms with E-state index in [1.165, 1.54) is 6.08 Å². The van der Waals surface area contributed by atoms with Crippen LogP contribution in [0, 0.1) is 0 Å². The van der Waals surface area contributed by atoms with Gasteiger partial charge < -0.3 is 9.64 Å². The van der Waals surface area contributed by atoms with Crippen molar-refractivity contribution in [3.05, 3.63) is 103 Å². The van der Waals surface area contributed by atoms with Crippen LogP contribution in [0.1, 0.15) is 5.56 Å². The maximum Gasteiger partial charge on any atom is 0.330 e. The van der Waals surface area contributed by atoms with E-state index in [1.54, 1.807) is 0 Å². The first kappa shape index (κ1) is 16.5. The third-order valence-electron chi connectivity index (χ3n) is 3.80. The second-order valence-corrected chi connectivity index (χ2v) is 5.45. The topological polar surface area (TPSA) is 29.5 Å². The summed E-state index contributed by atoms with van der Waals surface area (Å²) < 4.78 is 5.26. The Morgan fingerprint density at radius 3 is 1.92 bits per heavy atom. The highest BCUT2D eigenvalue weighted by Crippen LogP contribution is 2.36. The van der Waals surface area contributed by atoms with Gasteiger partial charge in [-0.2, -0.15) is 0 Å². The molecule has 0 aliphatic heterocycles. The van der Waals surface area contributed by atoms with E-state index >= 15 is 0 Å². The van der Waals surface area contributed by atoms with Crippen LogP contribution in [0.4, 0.5) is 17.1 Å². The molecule has 0 fully saturated rings. The lowest BCUT2D eigenvalue weighted by molar-refractivity contribution is -0.138. The van der Waals surface area contributed by atoms with Crippen LogP contribution in [-0.2, 0) is 16.1 Å². The molecule has 0 heterocycles. The number of ether oxygens (including phenoxy) is 1. The van der Waals surface area contributed by atoms with Gasteiger partial charge in [-0.25, -0.2) is 4.79 Å². The molecule has 0 aliphatic carbocycles. The van der Waals surface area contributed by atoms with E-state index in [4.69, 9.17) is 4.74 Å². The van der Waals surface area contributed by atoms with Crippen LogP contribution in [0.25, 0.3) is 0 Å². The summed E-state index contributed by atoms with van der Waals surface area (Å²) in [6.45, 7) is 3.63. The molecule has 3 aromatic rings. The van der Waals surface area contributed by atoms with Crippen LogP contribution in [0.15, 0.2) is 97.6 Å². The molecule has 0 amide bonds. The van der Waals surface area contributed by atoms with Crippen molar-refractivity contribution < 1.29 is 9.53 Å². The Labute approximate surface area is 147 Å². The highest BCUT2D eigenvalue weighted by molar-refractivity contribution is 5.82. The molecule has 3 nitrogen and oxygen atoms in total. The molecule has 0 aromatic heterocycles. The smallest absolute Gasteiger partial charge is 0.330 e. The fourth-order valence-electron chi connectivity index (χ4n) is 2.64. The number of rotatable bonds is 6. The summed E-state index contributed by atoms with van der Waals surface area (Å²) in [5.41, 5.74) is 3.97. The zero-order valence-electron chi connectivity index (χ0n) is 13.8. The lowest BCUT2D eigenvalue weighted by atomic mass is 10.1. The predicted molar refractivity (Wildman–Crippen MR) is 101 cm³/mol. The summed E-state index contributed by atoms with van der Waals surface area (Å²) in [5, 5.41) is 0. The molecular weight excluding hydrogens is 310 g/mol. The summed E-state index contributed by atoms with van der Waals surface area (Å²) in [4.78, 5) is 13.6. The lowest BCUT2D eigenvalue weighted by Gasteiger charge is -2.27. The summed E-state index contributed by atoms with van der Waals surface area (Å²) in [5.74, 6) is -0.430. The van der Waals surface area contributed by atoms with Crippen LogP contribution in [0.2, 0.25) is 0 Å². The minimum atomic E-state index is -0.430. The minimum absolute atomic E-state index is 0.192. The quantitative estimate of drug-likeness (QED) is 0.449. The summed E-state index contributed by atoms with van der Waals surface area (Å²) in [6.07, 6.45) is 1.18. The maximum atomic E-state index is 11.5. The molecule has 0 N–H and O–H groups in total. The largest absolute Gasteiger partial charge is 0.458 e. The van der Waals surface area contributed by atoms with Gasteiger partial charge in [0.05, 0.1) is 5.69 Å². The zero-order valence-corrected chi connectivity index (χ0v) is 13.8. The summed E-state index contributed by atoms with van der Waals surface area (Å²) in [6, 6.07) is 28.1. The minimum Gasteiger partial charge on any atom is -0.458 e. The number of hydrogen-bond donors (Lipinski definition) is 0. The Morgan fingerprint density at radius 2 is 1.36 bits per heavy atom. The van der Waals surface area contributed by atoms with Gasteiger partial charge in [0.25, 0.3) is 0 Å². The van der Waals surface area contributed by atoms with Crippen molar-refractivity contribution >= 4 is 23.0 Å². The number of hydrogen-bond acceptors (Lipinski definition) is 3. The molecule has 124 valence electrons. The van der Waals surface area contributed by atoms with Gasteiger partial charge in [-0.1, -0.05) is 61.2 Å². The molecule has 3 aromatic carbocycles. The van der Waals surface area contributed by atoms with Crippen molar-refractivity contribution in [2.24, 2.45) is 0 Å². The molecule has 0 radical (unpaired) electrons. The second-order valence-electron chi connectivity index (χ2n) is 5.45. The normalized spacial score (nSPS) is 10.1. The van der Waals surface area contributed by atoms with Crippen molar-refractivity contribution in [2.45, 2.75) is 6.61 Å². The molecule has 25 heavy (non-hydrogen) atoms. The molecule has 3 rings (SSSR count). The highest BCUT2D eigenvalue weighted by Gasteiger charge is 2.15. The SMILES string of the molecule is C=CC(=O)OCc1ccccc1N(c1ccccc1)c1ccccc1. The van der Waals surface area contributed by atoms with Gasteiger partial charge in [0.2, 0.25) is 0 Å². The number of carbonyl (C=O) groups is 1. The Bertz CT molecular complexity index is 805. The molecular formula is C22H19NO2. The van der Waals surface area contributed by atoms with Gasteiger partial charge in [0.1, 0.15) is 6.61 Å². The van der Waals surface area contributed by atoms with E-state index in [9.17, 15) is 4.79 Å². The predicted octanol–water partition coefficient (Wildman–Crippen LogP) is 5.39. The number of esters is 1. The van der Waals surface area contributed by atoms with Gasteiger partial charge in [0, 0.05) is 23.0 Å². The van der Waals surface area contributed by atoms with E-state index < -0.39 is 5.97 Å². The van der Waals surface area contributed by atoms with Gasteiger partial charge in [-0.05, 0) is 30.3 Å². The van der Waals surface area contributed by atoms with Crippen LogP contribution in [0.5, 0.6) is 0 Å². The maximum absolute atomic E-state index is 11.5. The number of benzene rings is 3. The van der Waals surface area contributed by atoms with Gasteiger partial charge in [-0.3, -0.25) is 0 Å². The van der Waals surface area contributed by atoms with Crippen molar-refractivity contribution in [3.63, 3.8) is 0 Å². The molecule has 0 aliphatic rings. The van der Waals surface area contributed by atoms with E-state index in [1.807, 2.05) is 60.7 Å². The van der Waals surface area contributed by atoms with Crippen LogP contribution in [-0.4, -0.2) is 5.97 Å². The fourth-order valence-corrected chi connectivity index (χ4v) is 2.64. The van der Waals surface area contributed by atoms with Crippen LogP contribution >= 0.6 is 0 Å². The Hall–Kier alpha value is -3.33. The lowest BCUT2D eigenvalue weighted by Crippen LogP contribution is -2.13. The van der Waals surface area contributed by atoms with Crippen molar-refractivity contribution in [1.82, 2.24) is 0 Å². The molecule has 0 saturated carbocycles. The second kappa shape index (κ2) is 7.97. The van der Waals surface area contributed by atoms with Gasteiger partial charge in [0.15, 0.2) is 0 Å². The molecule has 0 bridgehead atoms. The zero-order chi connectivity index (χ0) is 17.5. The average molecular weight is 329 g/mol. The fraction of sp³-hybridized carbons (Fsp3) is 0.0455. The van der Waals surface area contributed by atoms with Gasteiger partial charge in [-0.15, -0.1) is 0 Å². The van der Waals surface area contributed by atoms with Crippen molar-refractivity contribution in [2.75, 3.05) is 4.90 Å². The molecule has 3 heteroatoms. The van der Waals surface area contributed by atoms with Crippen molar-refractivity contribution in [1.29, 1.82) is 0 Å². The Kier molecular flexibility index (Phi) is 5.27. The molecule has 0 saturated heterocycles. The van der Waals surface area contributed by atoms with E-state index in [0.717, 1.165) is 22.6 Å². The number of anilines is 3. The van der Waals surface area contributed by atoms with Crippen LogP contribution < -0.4 is 4.90 Å². The van der Waals surface area contributed by atoms with E-state index in [2.05, 4.69) is 35.7 Å². The molecule has 0 atom stereocenters. The molecule has 0 unspecified atom stereocenters. The third kappa shape index (κ3) is 3.96. The summed E-state index contributed by atoms with van der Waals surface area (Å²) in [7, 11) is 0. The first-order chi connectivity index (χ1) is 12.3. The standard InChI is InChI=1S/C22H19NO2/c1-2-22(24)25-17-18-11-9-10-16-21(18)23(19-12-5-3-6-13-19)20-14-7-4-8-15-20/h2-16H,1,17H2. The third-order valence-corrected chi connectivity index (χ3v) is 3.80. The van der Waals surface area contributed by atoms with Crippen LogP contribution in [0.3, 0.4) is 0 Å². The summed E-state index contributed by atoms with van der Waals surface area (Å²) >= 11 is 0. The van der Waals surface area contributed by atoms with Crippen molar-refractivity contribution in [3.8, 4) is 0 Å². The van der Waals surface area contributed by atoms with Gasteiger partial charge >= 0.3 is 5.97 Å². The van der Waals surface area contributed by atoms with E-state index in [0.29, 0.717) is 0 Å². The number of carbonyl (C=O) groups excluding carboxylic acids is 1. The van der Waals surface area contributed by atoms with E-state index in [-0.39, 0.29) is 6.61 Å². The Balaban J connectivity index is 2.05. The monoisotopic (exact) mass is 329 g/mol. The highest BCUT2D eigenvalue weighted by atomic mass is 16.5. The molecule has 0 spiro atoms.